The summed E-state index contributed by atoms with van der Waals surface area (Å²) in [5, 5.41) is 11.5. The van der Waals surface area contributed by atoms with Gasteiger partial charge in [0, 0.05) is 18.2 Å². The van der Waals surface area contributed by atoms with Gasteiger partial charge in [0.05, 0.1) is 15.5 Å². The molecule has 1 saturated heterocycles. The molecular formula is C28H27N3O4S. The van der Waals surface area contributed by atoms with Crippen LogP contribution in [-0.4, -0.2) is 26.9 Å². The number of carbonyl (C=O) groups excluding carboxylic acids is 1. The molecule has 36 heavy (non-hydrogen) atoms. The highest BCUT2D eigenvalue weighted by atomic mass is 32.2. The van der Waals surface area contributed by atoms with E-state index in [4.69, 9.17) is 9.73 Å². The highest BCUT2D eigenvalue weighted by Crippen LogP contribution is 2.36. The lowest BCUT2D eigenvalue weighted by atomic mass is 10.2. The van der Waals surface area contributed by atoms with Gasteiger partial charge in [0.1, 0.15) is 12.4 Å². The van der Waals surface area contributed by atoms with E-state index in [-0.39, 0.29) is 17.6 Å². The highest BCUT2D eigenvalue weighted by molar-refractivity contribution is 8.18. The SMILES string of the molecule is CC[C@@H](C)N1C(=O)/C(=C\c2ccc(OCc3ccc([N+](=O)[O-])cc3)cc2)SC1=Nc1ccc(C)cc1. The summed E-state index contributed by atoms with van der Waals surface area (Å²) in [7, 11) is 0. The second kappa shape index (κ2) is 11.2. The van der Waals surface area contributed by atoms with Crippen LogP contribution in [0.1, 0.15) is 37.0 Å². The van der Waals surface area contributed by atoms with Gasteiger partial charge in [0.2, 0.25) is 0 Å². The number of hydrogen-bond donors (Lipinski definition) is 0. The number of aliphatic imine (C=N–C) groups is 1. The normalized spacial score (nSPS) is 16.5. The molecule has 7 nitrogen and oxygen atoms in total. The van der Waals surface area contributed by atoms with Gasteiger partial charge in [0.25, 0.3) is 11.6 Å². The molecule has 0 unspecified atom stereocenters. The molecule has 0 bridgehead atoms. The Balaban J connectivity index is 1.47. The van der Waals surface area contributed by atoms with Crippen LogP contribution in [0.5, 0.6) is 5.75 Å². The van der Waals surface area contributed by atoms with Gasteiger partial charge in [-0.15, -0.1) is 0 Å². The maximum atomic E-state index is 13.2. The Kier molecular flexibility index (Phi) is 7.85. The first-order chi connectivity index (χ1) is 17.3. The molecule has 0 aromatic heterocycles. The number of nitro benzene ring substituents is 1. The van der Waals surface area contributed by atoms with E-state index >= 15 is 0 Å². The number of nitrogens with zero attached hydrogens (tertiary/aromatic N) is 3. The number of thioether (sulfide) groups is 1. The fourth-order valence-electron chi connectivity index (χ4n) is 3.56. The van der Waals surface area contributed by atoms with Crippen LogP contribution in [0.4, 0.5) is 11.4 Å². The van der Waals surface area contributed by atoms with E-state index in [9.17, 15) is 14.9 Å². The van der Waals surface area contributed by atoms with E-state index in [0.29, 0.717) is 22.4 Å². The molecule has 184 valence electrons. The number of aryl methyl sites for hydroxylation is 1. The number of hydrogen-bond acceptors (Lipinski definition) is 6. The molecule has 0 spiro atoms. The quantitative estimate of drug-likeness (QED) is 0.191. The third kappa shape index (κ3) is 6.01. The van der Waals surface area contributed by atoms with Crippen molar-refractivity contribution < 1.29 is 14.5 Å². The molecule has 0 N–H and O–H groups in total. The summed E-state index contributed by atoms with van der Waals surface area (Å²) < 4.78 is 5.80. The second-order valence-electron chi connectivity index (χ2n) is 8.55. The third-order valence-electron chi connectivity index (χ3n) is 5.86. The minimum Gasteiger partial charge on any atom is -0.489 e. The van der Waals surface area contributed by atoms with Crippen molar-refractivity contribution in [3.8, 4) is 5.75 Å². The number of rotatable bonds is 8. The van der Waals surface area contributed by atoms with Crippen LogP contribution in [0.25, 0.3) is 6.08 Å². The number of nitro groups is 1. The van der Waals surface area contributed by atoms with Gasteiger partial charge in [0.15, 0.2) is 5.17 Å². The molecule has 0 radical (unpaired) electrons. The molecule has 8 heteroatoms. The molecule has 3 aromatic carbocycles. The van der Waals surface area contributed by atoms with Crippen molar-refractivity contribution in [2.24, 2.45) is 4.99 Å². The first kappa shape index (κ1) is 25.2. The van der Waals surface area contributed by atoms with Gasteiger partial charge in [-0.3, -0.25) is 19.8 Å². The van der Waals surface area contributed by atoms with E-state index in [1.165, 1.54) is 23.9 Å². The second-order valence-corrected chi connectivity index (χ2v) is 9.56. The molecule has 1 aliphatic heterocycles. The lowest BCUT2D eigenvalue weighted by Gasteiger charge is -2.22. The maximum Gasteiger partial charge on any atom is 0.269 e. The van der Waals surface area contributed by atoms with Crippen LogP contribution >= 0.6 is 11.8 Å². The predicted molar refractivity (Wildman–Crippen MR) is 144 cm³/mol. The summed E-state index contributed by atoms with van der Waals surface area (Å²) in [6.45, 7) is 6.42. The lowest BCUT2D eigenvalue weighted by Crippen LogP contribution is -2.36. The Morgan fingerprint density at radius 1 is 1.06 bits per heavy atom. The summed E-state index contributed by atoms with van der Waals surface area (Å²) in [5.74, 6) is 0.627. The Labute approximate surface area is 214 Å². The van der Waals surface area contributed by atoms with Crippen LogP contribution < -0.4 is 4.74 Å². The number of ether oxygens (including phenoxy) is 1. The zero-order valence-electron chi connectivity index (χ0n) is 20.4. The fourth-order valence-corrected chi connectivity index (χ4v) is 4.65. The molecule has 3 aromatic rings. The third-order valence-corrected chi connectivity index (χ3v) is 6.84. The Bertz CT molecular complexity index is 1300. The average Bonchev–Trinajstić information content (AvgIpc) is 3.18. The van der Waals surface area contributed by atoms with E-state index in [1.807, 2.05) is 68.5 Å². The van der Waals surface area contributed by atoms with Crippen molar-refractivity contribution in [1.29, 1.82) is 0 Å². The summed E-state index contributed by atoms with van der Waals surface area (Å²) in [4.78, 5) is 30.8. The van der Waals surface area contributed by atoms with Gasteiger partial charge in [-0.1, -0.05) is 36.8 Å². The van der Waals surface area contributed by atoms with Crippen LogP contribution in [0.3, 0.4) is 0 Å². The molecular weight excluding hydrogens is 474 g/mol. The summed E-state index contributed by atoms with van der Waals surface area (Å²) >= 11 is 1.39. The smallest absolute Gasteiger partial charge is 0.269 e. The van der Waals surface area contributed by atoms with Crippen molar-refractivity contribution in [2.75, 3.05) is 0 Å². The van der Waals surface area contributed by atoms with Gasteiger partial charge in [-0.25, -0.2) is 4.99 Å². The molecule has 1 atom stereocenters. The molecule has 1 fully saturated rings. The summed E-state index contributed by atoms with van der Waals surface area (Å²) in [6, 6.07) is 21.7. The summed E-state index contributed by atoms with van der Waals surface area (Å²) in [6.07, 6.45) is 2.70. The molecule has 1 aliphatic rings. The van der Waals surface area contributed by atoms with Gasteiger partial charge in [-0.2, -0.15) is 0 Å². The van der Waals surface area contributed by atoms with Crippen molar-refractivity contribution >= 4 is 40.3 Å². The number of amidine groups is 1. The average molecular weight is 502 g/mol. The highest BCUT2D eigenvalue weighted by Gasteiger charge is 2.36. The largest absolute Gasteiger partial charge is 0.489 e. The van der Waals surface area contributed by atoms with E-state index in [0.717, 1.165) is 28.8 Å². The number of benzene rings is 3. The molecule has 0 saturated carbocycles. The first-order valence-electron chi connectivity index (χ1n) is 11.7. The van der Waals surface area contributed by atoms with Crippen LogP contribution in [0.15, 0.2) is 82.7 Å². The minimum absolute atomic E-state index is 0.0373. The Morgan fingerprint density at radius 2 is 1.72 bits per heavy atom. The zero-order valence-corrected chi connectivity index (χ0v) is 21.2. The van der Waals surface area contributed by atoms with E-state index in [2.05, 4.69) is 6.92 Å². The monoisotopic (exact) mass is 501 g/mol. The van der Waals surface area contributed by atoms with Gasteiger partial charge < -0.3 is 4.74 Å². The standard InChI is InChI=1S/C28H27N3O4S/c1-4-20(3)30-27(32)26(36-28(30)29-23-11-5-19(2)6-12-23)17-21-9-15-25(16-10-21)35-18-22-7-13-24(14-8-22)31(33)34/h5-17,20H,4,18H2,1-3H3/b26-17+,29-28?/t20-/m1/s1. The van der Waals surface area contributed by atoms with E-state index < -0.39 is 4.92 Å². The van der Waals surface area contributed by atoms with Gasteiger partial charge >= 0.3 is 0 Å². The molecule has 4 rings (SSSR count). The van der Waals surface area contributed by atoms with Crippen LogP contribution in [0, 0.1) is 17.0 Å². The topological polar surface area (TPSA) is 85.0 Å². The van der Waals surface area contributed by atoms with E-state index in [1.54, 1.807) is 17.0 Å². The molecule has 1 heterocycles. The van der Waals surface area contributed by atoms with Crippen molar-refractivity contribution in [3.05, 3.63) is 105 Å². The number of amides is 1. The molecule has 1 amide bonds. The van der Waals surface area contributed by atoms with Gasteiger partial charge in [-0.05, 0) is 85.6 Å². The minimum atomic E-state index is -0.426. The predicted octanol–water partition coefficient (Wildman–Crippen LogP) is 6.88. The zero-order chi connectivity index (χ0) is 25.7. The fraction of sp³-hybridized carbons (Fsp3) is 0.214. The van der Waals surface area contributed by atoms with Crippen LogP contribution in [-0.2, 0) is 11.4 Å². The van der Waals surface area contributed by atoms with Crippen LogP contribution in [0.2, 0.25) is 0 Å². The van der Waals surface area contributed by atoms with Crippen molar-refractivity contribution in [1.82, 2.24) is 4.90 Å². The first-order valence-corrected chi connectivity index (χ1v) is 12.5. The summed E-state index contributed by atoms with van der Waals surface area (Å²) in [5.41, 5.74) is 3.75. The number of non-ortho nitro benzene ring substituents is 1. The Morgan fingerprint density at radius 3 is 2.33 bits per heavy atom. The number of carbonyl (C=O) groups is 1. The van der Waals surface area contributed by atoms with Crippen molar-refractivity contribution in [3.63, 3.8) is 0 Å². The molecule has 0 aliphatic carbocycles. The van der Waals surface area contributed by atoms with Crippen molar-refractivity contribution in [2.45, 2.75) is 39.8 Å². The lowest BCUT2D eigenvalue weighted by molar-refractivity contribution is -0.384. The maximum absolute atomic E-state index is 13.2. The Hall–Kier alpha value is -3.91.